The minimum absolute atomic E-state index is 0.101. The zero-order valence-electron chi connectivity index (χ0n) is 13.7. The molecule has 6 nitrogen and oxygen atoms in total. The molecule has 2 amide bonds. The first kappa shape index (κ1) is 17.0. The number of hydrogen-bond acceptors (Lipinski definition) is 5. The Hall–Kier alpha value is -2.87. The summed E-state index contributed by atoms with van der Waals surface area (Å²) in [5, 5.41) is 11.3. The highest BCUT2D eigenvalue weighted by Crippen LogP contribution is 2.34. The number of carbonyl (C=O) groups excluding carboxylic acids is 3. The van der Waals surface area contributed by atoms with Crippen molar-refractivity contribution in [2.45, 2.75) is 38.6 Å². The Morgan fingerprint density at radius 2 is 1.92 bits per heavy atom. The summed E-state index contributed by atoms with van der Waals surface area (Å²) in [5.74, 6) is 7.26. The molecule has 0 aliphatic carbocycles. The monoisotopic (exact) mass is 338 g/mol. The van der Waals surface area contributed by atoms with Crippen molar-refractivity contribution >= 4 is 23.5 Å². The number of benzene rings is 1. The summed E-state index contributed by atoms with van der Waals surface area (Å²) in [6, 6.07) is 5.47. The summed E-state index contributed by atoms with van der Waals surface area (Å²) in [6.45, 7) is 0.388. The Balaban J connectivity index is 1.89. The van der Waals surface area contributed by atoms with Gasteiger partial charge in [0.15, 0.2) is 5.94 Å². The molecular formula is C19H18N2O4. The Morgan fingerprint density at radius 1 is 1.16 bits per heavy atom. The van der Waals surface area contributed by atoms with Gasteiger partial charge in [0.2, 0.25) is 11.8 Å². The largest absolute Gasteiger partial charge is 0.396 e. The van der Waals surface area contributed by atoms with Crippen molar-refractivity contribution in [1.82, 2.24) is 10.0 Å². The van der Waals surface area contributed by atoms with Crippen LogP contribution in [0, 0.1) is 11.8 Å². The lowest BCUT2D eigenvalue weighted by Gasteiger charge is -2.33. The number of fused-ring (bicyclic) bond motifs is 1. The minimum Gasteiger partial charge on any atom is -0.396 e. The van der Waals surface area contributed by atoms with Gasteiger partial charge in [0.25, 0.3) is 0 Å². The number of amides is 2. The lowest BCUT2D eigenvalue weighted by Crippen LogP contribution is -2.49. The van der Waals surface area contributed by atoms with E-state index in [2.05, 4.69) is 11.8 Å². The van der Waals surface area contributed by atoms with Gasteiger partial charge in [-0.3, -0.25) is 14.6 Å². The molecule has 1 N–H and O–H groups in total. The fraction of sp³-hybridized carbons (Fsp3) is 0.368. The topological polar surface area (TPSA) is 77.9 Å². The van der Waals surface area contributed by atoms with Crippen molar-refractivity contribution in [3.8, 4) is 11.8 Å². The van der Waals surface area contributed by atoms with Crippen molar-refractivity contribution in [2.75, 3.05) is 6.61 Å². The molecule has 0 radical (unpaired) electrons. The summed E-state index contributed by atoms with van der Waals surface area (Å²) < 4.78 is 0. The number of unbranched alkanes of at least 4 members (excludes halogenated alkanes) is 1. The molecule has 0 aromatic heterocycles. The molecule has 0 atom stereocenters. The predicted molar refractivity (Wildman–Crippen MR) is 90.0 cm³/mol. The van der Waals surface area contributed by atoms with E-state index in [9.17, 15) is 14.4 Å². The molecule has 0 bridgehead atoms. The molecule has 1 saturated heterocycles. The number of hydrogen-bond donors (Lipinski definition) is 1. The van der Waals surface area contributed by atoms with E-state index in [1.165, 1.54) is 5.01 Å². The van der Waals surface area contributed by atoms with Gasteiger partial charge in [-0.1, -0.05) is 17.9 Å². The Morgan fingerprint density at radius 3 is 2.60 bits per heavy atom. The first-order valence-corrected chi connectivity index (χ1v) is 8.27. The fourth-order valence-electron chi connectivity index (χ4n) is 3.01. The standard InChI is InChI=1S/C19H18N2O4/c22-10-3-1-2-5-14-8-9-15-12-20(17(13-23)16(15)11-14)21-18(24)6-4-7-19(21)25/h8-9,11,22H,1,3-4,6-7,10,12H2. The SMILES string of the molecule is O=C=C1c2cc(C#CCCCO)ccc2CN1N1C(=O)CCCC1=O. The number of aliphatic hydroxyl groups is 1. The van der Waals surface area contributed by atoms with Gasteiger partial charge in [0.1, 0.15) is 5.70 Å². The number of nitrogens with zero attached hydrogens (tertiary/aromatic N) is 2. The van der Waals surface area contributed by atoms with Crippen LogP contribution >= 0.6 is 0 Å². The average Bonchev–Trinajstić information content (AvgIpc) is 2.96. The third kappa shape index (κ3) is 3.34. The normalized spacial score (nSPS) is 16.4. The van der Waals surface area contributed by atoms with Gasteiger partial charge in [-0.25, -0.2) is 4.79 Å². The maximum atomic E-state index is 12.2. The van der Waals surface area contributed by atoms with Crippen LogP contribution in [-0.2, 0) is 20.9 Å². The van der Waals surface area contributed by atoms with E-state index in [-0.39, 0.29) is 30.7 Å². The molecule has 128 valence electrons. The van der Waals surface area contributed by atoms with Gasteiger partial charge in [-0.2, -0.15) is 5.01 Å². The van der Waals surface area contributed by atoms with E-state index in [0.29, 0.717) is 37.7 Å². The number of aliphatic hydroxyl groups excluding tert-OH is 1. The molecule has 6 heteroatoms. The van der Waals surface area contributed by atoms with Gasteiger partial charge in [0, 0.05) is 37.0 Å². The second kappa shape index (κ2) is 7.35. The molecule has 2 heterocycles. The van der Waals surface area contributed by atoms with Gasteiger partial charge < -0.3 is 5.11 Å². The smallest absolute Gasteiger partial charge is 0.248 e. The van der Waals surface area contributed by atoms with Gasteiger partial charge in [-0.05, 0) is 30.5 Å². The quantitative estimate of drug-likeness (QED) is 0.388. The summed E-state index contributed by atoms with van der Waals surface area (Å²) in [7, 11) is 0. The lowest BCUT2D eigenvalue weighted by atomic mass is 10.1. The predicted octanol–water partition coefficient (Wildman–Crippen LogP) is 1.25. The number of hydrazine groups is 1. The summed E-state index contributed by atoms with van der Waals surface area (Å²) in [5.41, 5.74) is 2.43. The van der Waals surface area contributed by atoms with Crippen LogP contribution in [0.5, 0.6) is 0 Å². The summed E-state index contributed by atoms with van der Waals surface area (Å²) in [4.78, 5) is 35.8. The molecule has 2 aliphatic rings. The van der Waals surface area contributed by atoms with E-state index >= 15 is 0 Å². The Labute approximate surface area is 145 Å². The Kier molecular flexibility index (Phi) is 4.99. The molecule has 0 unspecified atom stereocenters. The molecule has 0 saturated carbocycles. The van der Waals surface area contributed by atoms with Crippen LogP contribution in [0.4, 0.5) is 0 Å². The highest BCUT2D eigenvalue weighted by Gasteiger charge is 2.37. The molecule has 25 heavy (non-hydrogen) atoms. The molecule has 2 aliphatic heterocycles. The van der Waals surface area contributed by atoms with Crippen LogP contribution in [0.25, 0.3) is 5.70 Å². The van der Waals surface area contributed by atoms with E-state index in [1.54, 1.807) is 6.07 Å². The van der Waals surface area contributed by atoms with E-state index in [0.717, 1.165) is 16.1 Å². The third-order valence-electron chi connectivity index (χ3n) is 4.23. The van der Waals surface area contributed by atoms with Crippen LogP contribution in [0.2, 0.25) is 0 Å². The Bertz CT molecular complexity index is 812. The maximum absolute atomic E-state index is 12.2. The van der Waals surface area contributed by atoms with Crippen LogP contribution in [0.1, 0.15) is 48.8 Å². The summed E-state index contributed by atoms with van der Waals surface area (Å²) in [6.07, 6.45) is 2.35. The van der Waals surface area contributed by atoms with Crippen LogP contribution < -0.4 is 0 Å². The van der Waals surface area contributed by atoms with Crippen molar-refractivity contribution in [3.05, 3.63) is 34.9 Å². The van der Waals surface area contributed by atoms with Gasteiger partial charge >= 0.3 is 0 Å². The van der Waals surface area contributed by atoms with Crippen molar-refractivity contribution < 1.29 is 19.5 Å². The molecule has 1 fully saturated rings. The molecule has 0 spiro atoms. The molecular weight excluding hydrogens is 320 g/mol. The summed E-state index contributed by atoms with van der Waals surface area (Å²) >= 11 is 0. The second-order valence-corrected chi connectivity index (χ2v) is 5.96. The lowest BCUT2D eigenvalue weighted by molar-refractivity contribution is -0.162. The van der Waals surface area contributed by atoms with Crippen LogP contribution in [0.15, 0.2) is 18.2 Å². The van der Waals surface area contributed by atoms with E-state index in [4.69, 9.17) is 5.11 Å². The first-order chi connectivity index (χ1) is 12.2. The molecule has 1 aromatic carbocycles. The third-order valence-corrected chi connectivity index (χ3v) is 4.23. The number of rotatable bonds is 3. The average molecular weight is 338 g/mol. The van der Waals surface area contributed by atoms with E-state index in [1.807, 2.05) is 18.1 Å². The first-order valence-electron chi connectivity index (χ1n) is 8.27. The van der Waals surface area contributed by atoms with Crippen molar-refractivity contribution in [2.24, 2.45) is 0 Å². The number of carbonyl (C=O) groups is 2. The van der Waals surface area contributed by atoms with Gasteiger partial charge in [0.05, 0.1) is 6.54 Å². The number of imide groups is 1. The highest BCUT2D eigenvalue weighted by atomic mass is 16.3. The highest BCUT2D eigenvalue weighted by molar-refractivity contribution is 6.00. The minimum atomic E-state index is -0.291. The fourth-order valence-corrected chi connectivity index (χ4v) is 3.01. The second-order valence-electron chi connectivity index (χ2n) is 5.96. The molecule has 1 aromatic rings. The van der Waals surface area contributed by atoms with Crippen LogP contribution in [0.3, 0.4) is 0 Å². The van der Waals surface area contributed by atoms with Crippen molar-refractivity contribution in [3.63, 3.8) is 0 Å². The zero-order chi connectivity index (χ0) is 17.8. The van der Waals surface area contributed by atoms with Gasteiger partial charge in [-0.15, -0.1) is 0 Å². The van der Waals surface area contributed by atoms with Crippen LogP contribution in [-0.4, -0.2) is 39.5 Å². The van der Waals surface area contributed by atoms with Crippen molar-refractivity contribution in [1.29, 1.82) is 0 Å². The maximum Gasteiger partial charge on any atom is 0.248 e. The number of piperidine rings is 1. The van der Waals surface area contributed by atoms with E-state index < -0.39 is 0 Å². The molecule has 3 rings (SSSR count). The zero-order valence-corrected chi connectivity index (χ0v) is 13.7.